The third-order valence-corrected chi connectivity index (χ3v) is 11.4. The summed E-state index contributed by atoms with van der Waals surface area (Å²) in [5.74, 6) is 2.02. The van der Waals surface area contributed by atoms with E-state index in [9.17, 15) is 4.39 Å². The monoisotopic (exact) mass is 779 g/mol. The topological polar surface area (TPSA) is 112 Å². The summed E-state index contributed by atoms with van der Waals surface area (Å²) in [7, 11) is 1.65. The van der Waals surface area contributed by atoms with E-state index < -0.39 is 0 Å². The van der Waals surface area contributed by atoms with Crippen LogP contribution in [0.15, 0.2) is 79.3 Å². The summed E-state index contributed by atoms with van der Waals surface area (Å²) in [5, 5.41) is 1.97. The fraction of sp³-hybridized carbons (Fsp3) is 0.375. The zero-order chi connectivity index (χ0) is 38.0. The lowest BCUT2D eigenvalue weighted by Crippen LogP contribution is -2.47. The minimum atomic E-state index is -0.176. The first-order valence-corrected chi connectivity index (χ1v) is 20.1. The van der Waals surface area contributed by atoms with Gasteiger partial charge in [-0.15, -0.1) is 0 Å². The van der Waals surface area contributed by atoms with Crippen LogP contribution in [0.1, 0.15) is 22.5 Å². The first kappa shape index (κ1) is 38.3. The quantitative estimate of drug-likeness (QED) is 0.152. The average molecular weight is 780 g/mol. The van der Waals surface area contributed by atoms with Gasteiger partial charge in [0, 0.05) is 136 Å². The van der Waals surface area contributed by atoms with E-state index in [1.807, 2.05) is 74.9 Å². The molecule has 6 aromatic rings. The van der Waals surface area contributed by atoms with Gasteiger partial charge < -0.3 is 14.5 Å². The molecule has 2 saturated heterocycles. The number of aryl methyl sites for hydroxylation is 2. The molecular weight excluding hydrogens is 734 g/mol. The fourth-order valence-electron chi connectivity index (χ4n) is 6.39. The van der Waals surface area contributed by atoms with Crippen LogP contribution < -0.4 is 14.5 Å². The van der Waals surface area contributed by atoms with Gasteiger partial charge in [0.25, 0.3) is 0 Å². The minimum absolute atomic E-state index is 0.176. The molecule has 0 N–H and O–H groups in total. The summed E-state index contributed by atoms with van der Waals surface area (Å²) in [6.07, 6.45) is 7.43. The van der Waals surface area contributed by atoms with Crippen LogP contribution in [0.4, 0.5) is 14.7 Å². The van der Waals surface area contributed by atoms with Crippen molar-refractivity contribution in [3.63, 3.8) is 0 Å². The highest BCUT2D eigenvalue weighted by Crippen LogP contribution is 2.26. The van der Waals surface area contributed by atoms with Gasteiger partial charge in [-0.1, -0.05) is 12.1 Å². The SMILES string of the molecule is COc1cc(CCN2CCN(c3nc(-c4ccc(C)nc4)ns3)CC2)ccn1.Cc1ccc(-c2nsc(N3CCN(CCc4ccc(F)cc4)CC3)n2)cn1. The number of anilines is 2. The number of methoxy groups -OCH3 is 1. The van der Waals surface area contributed by atoms with Crippen molar-refractivity contribution in [1.29, 1.82) is 0 Å². The van der Waals surface area contributed by atoms with Crippen LogP contribution in [-0.4, -0.2) is 116 Å². The standard InChI is InChI=1S/C20H22FN5S.C20H24N6OS/c1-15-2-5-17(14-22-15)19-23-20(27-24-19)26-12-10-25(11-13-26)9-8-16-3-6-18(21)7-4-16;1-15-3-4-17(14-22-15)19-23-20(28-24-19)26-11-9-25(10-12-26)8-6-16-5-7-21-18(13-16)27-2/h2-7,14H,8-13H2,1H3;3-5,7,13-14H,6,8-12H2,1-2H3. The first-order valence-electron chi connectivity index (χ1n) is 18.6. The summed E-state index contributed by atoms with van der Waals surface area (Å²) < 4.78 is 27.2. The number of aromatic nitrogens is 7. The van der Waals surface area contributed by atoms with Crippen LogP contribution in [0, 0.1) is 19.7 Å². The van der Waals surface area contributed by atoms with E-state index in [2.05, 4.69) is 49.4 Å². The zero-order valence-corrected chi connectivity index (χ0v) is 33.1. The Bertz CT molecular complexity index is 2080. The van der Waals surface area contributed by atoms with Gasteiger partial charge in [-0.2, -0.15) is 18.7 Å². The molecule has 0 amide bonds. The number of nitrogens with zero attached hydrogens (tertiary/aromatic N) is 11. The molecule has 15 heteroatoms. The number of hydrogen-bond donors (Lipinski definition) is 0. The van der Waals surface area contributed by atoms with Gasteiger partial charge >= 0.3 is 0 Å². The maximum absolute atomic E-state index is 13.0. The molecule has 0 radical (unpaired) electrons. The van der Waals surface area contributed by atoms with Crippen LogP contribution in [0.2, 0.25) is 0 Å². The third kappa shape index (κ3) is 10.6. The molecule has 0 spiro atoms. The Morgan fingerprint density at radius 3 is 1.60 bits per heavy atom. The van der Waals surface area contributed by atoms with Crippen LogP contribution >= 0.6 is 23.1 Å². The van der Waals surface area contributed by atoms with Crippen LogP contribution in [-0.2, 0) is 12.8 Å². The minimum Gasteiger partial charge on any atom is -0.481 e. The van der Waals surface area contributed by atoms with Crippen molar-refractivity contribution in [2.75, 3.05) is 82.4 Å². The van der Waals surface area contributed by atoms with Crippen LogP contribution in [0.5, 0.6) is 5.88 Å². The largest absolute Gasteiger partial charge is 0.481 e. The van der Waals surface area contributed by atoms with E-state index in [1.165, 1.54) is 46.3 Å². The lowest BCUT2D eigenvalue weighted by atomic mass is 10.1. The molecule has 0 unspecified atom stereocenters. The van der Waals surface area contributed by atoms with E-state index in [4.69, 9.17) is 14.7 Å². The molecule has 12 nitrogen and oxygen atoms in total. The van der Waals surface area contributed by atoms with Crippen molar-refractivity contribution in [3.8, 4) is 28.7 Å². The van der Waals surface area contributed by atoms with Gasteiger partial charge in [-0.3, -0.25) is 19.8 Å². The molecule has 0 bridgehead atoms. The Labute approximate surface area is 330 Å². The second kappa shape index (κ2) is 18.6. The first-order chi connectivity index (χ1) is 26.9. The fourth-order valence-corrected chi connectivity index (χ4v) is 7.87. The summed E-state index contributed by atoms with van der Waals surface area (Å²) in [6.45, 7) is 13.9. The normalized spacial score (nSPS) is 15.1. The molecule has 2 aliphatic rings. The molecule has 8 rings (SSSR count). The Morgan fingerprint density at radius 1 is 0.618 bits per heavy atom. The predicted octanol–water partition coefficient (Wildman–Crippen LogP) is 6.09. The number of hydrogen-bond acceptors (Lipinski definition) is 14. The van der Waals surface area contributed by atoms with Gasteiger partial charge in [-0.25, -0.2) is 9.37 Å². The highest BCUT2D eigenvalue weighted by atomic mass is 32.1. The van der Waals surface area contributed by atoms with E-state index >= 15 is 0 Å². The van der Waals surface area contributed by atoms with Crippen molar-refractivity contribution in [2.45, 2.75) is 26.7 Å². The van der Waals surface area contributed by atoms with E-state index in [-0.39, 0.29) is 5.82 Å². The number of ether oxygens (including phenoxy) is 1. The number of benzene rings is 1. The van der Waals surface area contributed by atoms with Gasteiger partial charge in [0.2, 0.25) is 16.1 Å². The third-order valence-electron chi connectivity index (χ3n) is 9.81. The second-order valence-electron chi connectivity index (χ2n) is 13.7. The highest BCUT2D eigenvalue weighted by Gasteiger charge is 2.22. The van der Waals surface area contributed by atoms with Gasteiger partial charge in [0.05, 0.1) is 7.11 Å². The lowest BCUT2D eigenvalue weighted by Gasteiger charge is -2.34. The molecule has 0 atom stereocenters. The Kier molecular flexibility index (Phi) is 12.9. The predicted molar refractivity (Wildman–Crippen MR) is 218 cm³/mol. The van der Waals surface area contributed by atoms with Gasteiger partial charge in [-0.05, 0) is 80.3 Å². The summed E-state index contributed by atoms with van der Waals surface area (Å²) in [4.78, 5) is 31.8. The van der Waals surface area contributed by atoms with Crippen LogP contribution in [0.3, 0.4) is 0 Å². The van der Waals surface area contributed by atoms with Crippen LogP contribution in [0.25, 0.3) is 22.8 Å². The molecule has 286 valence electrons. The molecule has 55 heavy (non-hydrogen) atoms. The van der Waals surface area contributed by atoms with Crippen molar-refractivity contribution >= 4 is 33.3 Å². The maximum Gasteiger partial charge on any atom is 0.213 e. The van der Waals surface area contributed by atoms with Gasteiger partial charge in [0.1, 0.15) is 5.82 Å². The maximum atomic E-state index is 13.0. The van der Waals surface area contributed by atoms with E-state index in [1.54, 1.807) is 7.11 Å². The number of piperazine rings is 2. The molecule has 1 aromatic carbocycles. The smallest absolute Gasteiger partial charge is 0.213 e. The Balaban J connectivity index is 0.000000169. The Morgan fingerprint density at radius 2 is 1.13 bits per heavy atom. The summed E-state index contributed by atoms with van der Waals surface area (Å²) in [6, 6.07) is 18.9. The summed E-state index contributed by atoms with van der Waals surface area (Å²) in [5.41, 5.74) is 6.36. The number of halogens is 1. The second-order valence-corrected chi connectivity index (χ2v) is 15.1. The number of pyridine rings is 3. The van der Waals surface area contributed by atoms with Crippen molar-refractivity contribution in [3.05, 3.63) is 108 Å². The van der Waals surface area contributed by atoms with Gasteiger partial charge in [0.15, 0.2) is 11.6 Å². The molecule has 5 aromatic heterocycles. The molecule has 2 fully saturated rings. The average Bonchev–Trinajstić information content (AvgIpc) is 3.93. The number of rotatable bonds is 11. The molecule has 2 aliphatic heterocycles. The van der Waals surface area contributed by atoms with Crippen molar-refractivity contribution < 1.29 is 9.13 Å². The molecule has 0 saturated carbocycles. The highest BCUT2D eigenvalue weighted by molar-refractivity contribution is 7.10. The van der Waals surface area contributed by atoms with Crippen molar-refractivity contribution in [2.24, 2.45) is 0 Å². The molecular formula is C40H46FN11OS2. The van der Waals surface area contributed by atoms with E-state index in [0.717, 1.165) is 123 Å². The Hall–Kier alpha value is -4.96. The lowest BCUT2D eigenvalue weighted by molar-refractivity contribution is 0.261. The van der Waals surface area contributed by atoms with E-state index in [0.29, 0.717) is 5.88 Å². The molecule has 0 aliphatic carbocycles. The van der Waals surface area contributed by atoms with Crippen molar-refractivity contribution in [1.82, 2.24) is 43.5 Å². The molecule has 7 heterocycles. The summed E-state index contributed by atoms with van der Waals surface area (Å²) >= 11 is 2.92. The zero-order valence-electron chi connectivity index (χ0n) is 31.5.